The minimum Gasteiger partial charge on any atom is -0.493 e. The van der Waals surface area contributed by atoms with Crippen LogP contribution < -0.4 is 14.8 Å². The summed E-state index contributed by atoms with van der Waals surface area (Å²) in [5, 5.41) is 6.49. The maximum Gasteiger partial charge on any atom is 0.194 e. The summed E-state index contributed by atoms with van der Waals surface area (Å²) in [4.78, 5) is 11.3. The third-order valence-electron chi connectivity index (χ3n) is 3.62. The zero-order valence-corrected chi connectivity index (χ0v) is 16.3. The van der Waals surface area contributed by atoms with E-state index < -0.39 is 0 Å². The normalized spacial score (nSPS) is 11.3. The summed E-state index contributed by atoms with van der Waals surface area (Å²) in [5.74, 6) is 2.28. The molecule has 7 heteroatoms. The Labute approximate surface area is 153 Å². The van der Waals surface area contributed by atoms with Crippen molar-refractivity contribution in [2.75, 3.05) is 27.8 Å². The van der Waals surface area contributed by atoms with Crippen molar-refractivity contribution < 1.29 is 9.47 Å². The van der Waals surface area contributed by atoms with Crippen LogP contribution in [0.3, 0.4) is 0 Å². The molecule has 0 saturated carbocycles. The van der Waals surface area contributed by atoms with Crippen molar-refractivity contribution in [3.8, 4) is 11.5 Å². The summed E-state index contributed by atoms with van der Waals surface area (Å²) in [5.41, 5.74) is 2.12. The Morgan fingerprint density at radius 3 is 2.64 bits per heavy atom. The van der Waals surface area contributed by atoms with Crippen LogP contribution in [0, 0.1) is 6.92 Å². The summed E-state index contributed by atoms with van der Waals surface area (Å²) in [6.45, 7) is 6.17. The number of aryl methyl sites for hydroxylation is 1. The van der Waals surface area contributed by atoms with Gasteiger partial charge in [-0.1, -0.05) is 6.07 Å². The minimum absolute atomic E-state index is 0.559. The van der Waals surface area contributed by atoms with Gasteiger partial charge in [0.1, 0.15) is 0 Å². The number of benzene rings is 1. The van der Waals surface area contributed by atoms with Crippen molar-refractivity contribution in [1.29, 1.82) is 0 Å². The van der Waals surface area contributed by atoms with Gasteiger partial charge < -0.3 is 19.7 Å². The van der Waals surface area contributed by atoms with Crippen molar-refractivity contribution in [2.45, 2.75) is 26.9 Å². The van der Waals surface area contributed by atoms with Crippen LogP contribution in [-0.2, 0) is 13.1 Å². The van der Waals surface area contributed by atoms with Crippen LogP contribution in [0.2, 0.25) is 0 Å². The summed E-state index contributed by atoms with van der Waals surface area (Å²) in [6, 6.07) is 5.85. The maximum atomic E-state index is 5.35. The number of nitrogens with zero attached hydrogens (tertiary/aromatic N) is 3. The Morgan fingerprint density at radius 2 is 2.04 bits per heavy atom. The van der Waals surface area contributed by atoms with Gasteiger partial charge in [-0.25, -0.2) is 9.98 Å². The van der Waals surface area contributed by atoms with Crippen LogP contribution >= 0.6 is 11.3 Å². The highest BCUT2D eigenvalue weighted by Crippen LogP contribution is 2.27. The second kappa shape index (κ2) is 9.27. The highest BCUT2D eigenvalue weighted by Gasteiger charge is 2.09. The van der Waals surface area contributed by atoms with E-state index in [9.17, 15) is 0 Å². The number of aromatic nitrogens is 1. The zero-order chi connectivity index (χ0) is 18.2. The molecule has 25 heavy (non-hydrogen) atoms. The second-order valence-electron chi connectivity index (χ2n) is 5.57. The highest BCUT2D eigenvalue weighted by atomic mass is 32.1. The molecule has 0 spiro atoms. The first-order valence-corrected chi connectivity index (χ1v) is 9.06. The van der Waals surface area contributed by atoms with E-state index in [1.165, 1.54) is 0 Å². The zero-order valence-electron chi connectivity index (χ0n) is 15.5. The summed E-state index contributed by atoms with van der Waals surface area (Å²) in [6.07, 6.45) is 0. The largest absolute Gasteiger partial charge is 0.493 e. The molecule has 0 atom stereocenters. The number of thiazole rings is 1. The molecule has 1 aromatic heterocycles. The minimum atomic E-state index is 0.559. The fourth-order valence-electron chi connectivity index (χ4n) is 2.41. The summed E-state index contributed by atoms with van der Waals surface area (Å²) in [7, 11) is 5.29. The fraction of sp³-hybridized carbons (Fsp3) is 0.444. The molecular formula is C18H26N4O2S. The van der Waals surface area contributed by atoms with Crippen LogP contribution in [0.25, 0.3) is 0 Å². The molecule has 6 nitrogen and oxygen atoms in total. The first kappa shape index (κ1) is 19.1. The van der Waals surface area contributed by atoms with Gasteiger partial charge in [-0.3, -0.25) is 0 Å². The second-order valence-corrected chi connectivity index (χ2v) is 6.64. The molecular weight excluding hydrogens is 336 g/mol. The number of guanidine groups is 1. The van der Waals surface area contributed by atoms with Gasteiger partial charge in [0.15, 0.2) is 17.5 Å². The smallest absolute Gasteiger partial charge is 0.194 e. The van der Waals surface area contributed by atoms with E-state index in [0.717, 1.165) is 41.1 Å². The van der Waals surface area contributed by atoms with E-state index in [2.05, 4.69) is 27.5 Å². The molecule has 0 saturated heterocycles. The van der Waals surface area contributed by atoms with E-state index in [1.54, 1.807) is 25.6 Å². The number of hydrogen-bond acceptors (Lipinski definition) is 5. The van der Waals surface area contributed by atoms with Gasteiger partial charge in [0, 0.05) is 19.0 Å². The summed E-state index contributed by atoms with van der Waals surface area (Å²) < 4.78 is 10.6. The van der Waals surface area contributed by atoms with Crippen LogP contribution in [0.15, 0.2) is 28.6 Å². The number of nitrogens with one attached hydrogen (secondary N) is 1. The molecule has 1 N–H and O–H groups in total. The lowest BCUT2D eigenvalue weighted by Gasteiger charge is -2.21. The van der Waals surface area contributed by atoms with Crippen molar-refractivity contribution >= 4 is 17.3 Å². The van der Waals surface area contributed by atoms with Gasteiger partial charge in [0.2, 0.25) is 0 Å². The van der Waals surface area contributed by atoms with E-state index in [0.29, 0.717) is 12.3 Å². The van der Waals surface area contributed by atoms with E-state index in [1.807, 2.05) is 32.2 Å². The molecule has 0 bridgehead atoms. The van der Waals surface area contributed by atoms with Crippen LogP contribution in [0.1, 0.15) is 23.2 Å². The average molecular weight is 362 g/mol. The molecule has 0 aliphatic heterocycles. The van der Waals surface area contributed by atoms with Crippen LogP contribution in [0.5, 0.6) is 11.5 Å². The first-order valence-electron chi connectivity index (χ1n) is 8.18. The Bertz CT molecular complexity index is 715. The lowest BCUT2D eigenvalue weighted by molar-refractivity contribution is 0.354. The SMILES string of the molecule is CCNC(=NCc1ccc(OC)c(OC)c1)N(C)Cc1csc(C)n1. The van der Waals surface area contributed by atoms with Gasteiger partial charge in [-0.15, -0.1) is 11.3 Å². The molecule has 1 heterocycles. The molecule has 2 aromatic rings. The Balaban J connectivity index is 2.10. The van der Waals surface area contributed by atoms with E-state index in [-0.39, 0.29) is 0 Å². The third kappa shape index (κ3) is 5.35. The molecule has 0 radical (unpaired) electrons. The molecule has 0 aliphatic rings. The van der Waals surface area contributed by atoms with Gasteiger partial charge >= 0.3 is 0 Å². The highest BCUT2D eigenvalue weighted by molar-refractivity contribution is 7.09. The predicted octanol–water partition coefficient (Wildman–Crippen LogP) is 3.07. The van der Waals surface area contributed by atoms with Gasteiger partial charge in [0.25, 0.3) is 0 Å². The molecule has 2 rings (SSSR count). The van der Waals surface area contributed by atoms with Crippen LogP contribution in [-0.4, -0.2) is 43.7 Å². The van der Waals surface area contributed by atoms with Crippen molar-refractivity contribution in [3.63, 3.8) is 0 Å². The number of methoxy groups -OCH3 is 2. The topological polar surface area (TPSA) is 59.0 Å². The van der Waals surface area contributed by atoms with Crippen molar-refractivity contribution in [1.82, 2.24) is 15.2 Å². The van der Waals surface area contributed by atoms with E-state index >= 15 is 0 Å². The van der Waals surface area contributed by atoms with Crippen LogP contribution in [0.4, 0.5) is 0 Å². The number of ether oxygens (including phenoxy) is 2. The summed E-state index contributed by atoms with van der Waals surface area (Å²) >= 11 is 1.67. The fourth-order valence-corrected chi connectivity index (χ4v) is 3.02. The predicted molar refractivity (Wildman–Crippen MR) is 103 cm³/mol. The Kier molecular flexibility index (Phi) is 7.06. The third-order valence-corrected chi connectivity index (χ3v) is 4.44. The number of rotatable bonds is 7. The van der Waals surface area contributed by atoms with Gasteiger partial charge in [-0.2, -0.15) is 0 Å². The first-order chi connectivity index (χ1) is 12.1. The monoisotopic (exact) mass is 362 g/mol. The molecule has 0 fully saturated rings. The quantitative estimate of drug-likeness (QED) is 0.606. The number of hydrogen-bond donors (Lipinski definition) is 1. The average Bonchev–Trinajstić information content (AvgIpc) is 3.02. The Hall–Kier alpha value is -2.28. The van der Waals surface area contributed by atoms with E-state index in [4.69, 9.17) is 14.5 Å². The molecule has 0 unspecified atom stereocenters. The lowest BCUT2D eigenvalue weighted by atomic mass is 10.2. The lowest BCUT2D eigenvalue weighted by Crippen LogP contribution is -2.38. The molecule has 0 aliphatic carbocycles. The molecule has 0 amide bonds. The van der Waals surface area contributed by atoms with Gasteiger partial charge in [0.05, 0.1) is 38.0 Å². The van der Waals surface area contributed by atoms with Gasteiger partial charge in [-0.05, 0) is 31.5 Å². The van der Waals surface area contributed by atoms with Crippen molar-refractivity contribution in [2.24, 2.45) is 4.99 Å². The Morgan fingerprint density at radius 1 is 1.28 bits per heavy atom. The van der Waals surface area contributed by atoms with Crippen molar-refractivity contribution in [3.05, 3.63) is 39.8 Å². The standard InChI is InChI=1S/C18H26N4O2S/c1-6-19-18(22(3)11-15-12-25-13(2)21-15)20-10-14-7-8-16(23-4)17(9-14)24-5/h7-9,12H,6,10-11H2,1-5H3,(H,19,20). The maximum absolute atomic E-state index is 5.35. The molecule has 136 valence electrons. The number of aliphatic imine (C=N–C) groups is 1. The molecule has 1 aromatic carbocycles.